The summed E-state index contributed by atoms with van der Waals surface area (Å²) in [6.45, 7) is 12.8. The number of methoxy groups -OCH3 is 1. The minimum absolute atomic E-state index is 0.0603. The molecule has 3 aliphatic heterocycles. The quantitative estimate of drug-likeness (QED) is 0.226. The number of piperazine rings is 1. The lowest BCUT2D eigenvalue weighted by molar-refractivity contribution is -0.111. The normalized spacial score (nSPS) is 23.6. The number of halogens is 2. The van der Waals surface area contributed by atoms with E-state index in [0.717, 1.165) is 50.7 Å². The van der Waals surface area contributed by atoms with Crippen molar-refractivity contribution in [3.8, 4) is 5.75 Å². The standard InChI is InChI=1S/C37H46ClFN8O3/c1-5-36(48)43-29-17-30(42-34-19-35(41-22-40-34)47-31(13-16-50-47)27-7-6-8-28(38)37(27)39)33(49-4)18-32(29)44-14-11-26(12-15-44)46-21-23(2)45(20-24(46)3)25-9-10-25/h5-8,17-19,22-26,31H,1,9-16,20-21H2,2-4H3,(H,43,48)(H,40,41,42)/t23-,24-,31-/m1/s1. The molecule has 11 nitrogen and oxygen atoms in total. The van der Waals surface area contributed by atoms with E-state index in [1.165, 1.54) is 31.3 Å². The molecule has 1 saturated carbocycles. The van der Waals surface area contributed by atoms with Crippen molar-refractivity contribution in [2.45, 2.75) is 76.2 Å². The average Bonchev–Trinajstić information content (AvgIpc) is 3.86. The summed E-state index contributed by atoms with van der Waals surface area (Å²) in [4.78, 5) is 35.2. The van der Waals surface area contributed by atoms with Crippen molar-refractivity contribution in [3.05, 3.63) is 71.8 Å². The molecule has 13 heteroatoms. The van der Waals surface area contributed by atoms with Gasteiger partial charge in [0.25, 0.3) is 0 Å². The first-order valence-corrected chi connectivity index (χ1v) is 18.0. The number of carbonyl (C=O) groups is 1. The molecule has 0 bridgehead atoms. The van der Waals surface area contributed by atoms with Crippen LogP contribution >= 0.6 is 11.6 Å². The number of benzene rings is 2. The molecule has 1 aromatic heterocycles. The molecule has 0 radical (unpaired) electrons. The molecule has 50 heavy (non-hydrogen) atoms. The molecule has 3 atom stereocenters. The van der Waals surface area contributed by atoms with Gasteiger partial charge in [-0.1, -0.05) is 30.3 Å². The van der Waals surface area contributed by atoms with Crippen molar-refractivity contribution < 1.29 is 18.8 Å². The molecule has 1 aliphatic carbocycles. The van der Waals surface area contributed by atoms with Crippen molar-refractivity contribution in [1.29, 1.82) is 0 Å². The second kappa shape index (κ2) is 14.7. The van der Waals surface area contributed by atoms with E-state index in [1.54, 1.807) is 30.4 Å². The third-order valence-corrected chi connectivity index (χ3v) is 10.8. The van der Waals surface area contributed by atoms with E-state index in [4.69, 9.17) is 21.2 Å². The predicted molar refractivity (Wildman–Crippen MR) is 195 cm³/mol. The highest BCUT2D eigenvalue weighted by Gasteiger charge is 2.40. The summed E-state index contributed by atoms with van der Waals surface area (Å²) in [6, 6.07) is 12.6. The number of hydrogen-bond donors (Lipinski definition) is 2. The molecule has 0 spiro atoms. The van der Waals surface area contributed by atoms with Crippen LogP contribution in [-0.2, 0) is 9.63 Å². The number of ether oxygens (including phenoxy) is 1. The Morgan fingerprint density at radius 2 is 1.74 bits per heavy atom. The van der Waals surface area contributed by atoms with E-state index in [-0.39, 0.29) is 10.9 Å². The summed E-state index contributed by atoms with van der Waals surface area (Å²) in [6.07, 6.45) is 8.03. The molecule has 4 aliphatic rings. The number of anilines is 5. The van der Waals surface area contributed by atoms with Gasteiger partial charge < -0.3 is 20.3 Å². The van der Waals surface area contributed by atoms with Gasteiger partial charge in [0.2, 0.25) is 5.91 Å². The molecular formula is C37H46ClFN8O3. The zero-order chi connectivity index (χ0) is 34.9. The second-order valence-electron chi connectivity index (χ2n) is 13.8. The number of amides is 1. The maximum Gasteiger partial charge on any atom is 0.247 e. The molecule has 1 amide bonds. The summed E-state index contributed by atoms with van der Waals surface area (Å²) < 4.78 is 20.8. The van der Waals surface area contributed by atoms with Crippen LogP contribution in [0.15, 0.2) is 55.4 Å². The van der Waals surface area contributed by atoms with Gasteiger partial charge >= 0.3 is 0 Å². The summed E-state index contributed by atoms with van der Waals surface area (Å²) in [5, 5.41) is 8.01. The fraction of sp³-hybridized carbons (Fsp3) is 0.486. The van der Waals surface area contributed by atoms with Crippen LogP contribution in [-0.4, -0.2) is 89.7 Å². The van der Waals surface area contributed by atoms with Gasteiger partial charge in [0.15, 0.2) is 5.82 Å². The molecule has 3 saturated heterocycles. The minimum Gasteiger partial charge on any atom is -0.494 e. The average molecular weight is 705 g/mol. The Hall–Kier alpha value is -3.97. The Balaban J connectivity index is 1.09. The van der Waals surface area contributed by atoms with Gasteiger partial charge in [0.05, 0.1) is 41.8 Å². The van der Waals surface area contributed by atoms with Crippen LogP contribution in [0.1, 0.15) is 57.6 Å². The van der Waals surface area contributed by atoms with Crippen molar-refractivity contribution in [2.24, 2.45) is 0 Å². The topological polar surface area (TPSA) is 98.3 Å². The van der Waals surface area contributed by atoms with Crippen LogP contribution < -0.4 is 25.3 Å². The Labute approximate surface area is 298 Å². The van der Waals surface area contributed by atoms with Crippen molar-refractivity contribution >= 4 is 46.2 Å². The first-order chi connectivity index (χ1) is 24.2. The number of nitrogens with zero attached hydrogens (tertiary/aromatic N) is 6. The highest BCUT2D eigenvalue weighted by molar-refractivity contribution is 6.30. The zero-order valence-electron chi connectivity index (χ0n) is 28.9. The molecule has 0 unspecified atom stereocenters. The van der Waals surface area contributed by atoms with Crippen LogP contribution in [0.25, 0.3) is 0 Å². The third kappa shape index (κ3) is 7.12. The van der Waals surface area contributed by atoms with E-state index in [2.05, 4.69) is 55.7 Å². The number of rotatable bonds is 10. The van der Waals surface area contributed by atoms with Crippen LogP contribution in [0.4, 0.5) is 33.1 Å². The molecule has 4 fully saturated rings. The van der Waals surface area contributed by atoms with E-state index in [1.807, 2.05) is 12.1 Å². The lowest BCUT2D eigenvalue weighted by atomic mass is 9.97. The van der Waals surface area contributed by atoms with Gasteiger partial charge in [-0.2, -0.15) is 0 Å². The fourth-order valence-corrected chi connectivity index (χ4v) is 8.03. The number of piperidine rings is 1. The molecule has 7 rings (SSSR count). The van der Waals surface area contributed by atoms with Gasteiger partial charge in [-0.05, 0) is 57.7 Å². The van der Waals surface area contributed by atoms with Gasteiger partial charge in [-0.15, -0.1) is 0 Å². The Morgan fingerprint density at radius 3 is 2.42 bits per heavy atom. The van der Waals surface area contributed by atoms with Crippen molar-refractivity contribution in [2.75, 3.05) is 60.5 Å². The smallest absolute Gasteiger partial charge is 0.247 e. The fourth-order valence-electron chi connectivity index (χ4n) is 7.85. The summed E-state index contributed by atoms with van der Waals surface area (Å²) in [5.41, 5.74) is 2.57. The molecule has 3 aromatic rings. The summed E-state index contributed by atoms with van der Waals surface area (Å²) in [5.74, 6) is 0.743. The minimum atomic E-state index is -0.471. The number of aromatic nitrogens is 2. The predicted octanol–water partition coefficient (Wildman–Crippen LogP) is 6.55. The van der Waals surface area contributed by atoms with Crippen molar-refractivity contribution in [1.82, 2.24) is 19.8 Å². The maximum atomic E-state index is 15.0. The van der Waals surface area contributed by atoms with Crippen molar-refractivity contribution in [3.63, 3.8) is 0 Å². The van der Waals surface area contributed by atoms with E-state index in [9.17, 15) is 9.18 Å². The second-order valence-corrected chi connectivity index (χ2v) is 14.2. The first kappa shape index (κ1) is 34.5. The van der Waals surface area contributed by atoms with E-state index < -0.39 is 11.9 Å². The lowest BCUT2D eigenvalue weighted by Gasteiger charge is -2.49. The Kier molecular flexibility index (Phi) is 10.1. The third-order valence-electron chi connectivity index (χ3n) is 10.5. The first-order valence-electron chi connectivity index (χ1n) is 17.6. The largest absolute Gasteiger partial charge is 0.494 e. The number of hydrogen-bond acceptors (Lipinski definition) is 10. The lowest BCUT2D eigenvalue weighted by Crippen LogP contribution is -2.61. The number of carbonyl (C=O) groups excluding carboxylic acids is 1. The summed E-state index contributed by atoms with van der Waals surface area (Å²) in [7, 11) is 1.62. The monoisotopic (exact) mass is 704 g/mol. The van der Waals surface area contributed by atoms with Crippen LogP contribution in [0.3, 0.4) is 0 Å². The molecule has 4 heterocycles. The van der Waals surface area contributed by atoms with Gasteiger partial charge in [0, 0.05) is 74.5 Å². The zero-order valence-corrected chi connectivity index (χ0v) is 29.7. The molecular weight excluding hydrogens is 659 g/mol. The van der Waals surface area contributed by atoms with Crippen LogP contribution in [0, 0.1) is 5.82 Å². The van der Waals surface area contributed by atoms with Gasteiger partial charge in [-0.3, -0.25) is 19.4 Å². The van der Waals surface area contributed by atoms with E-state index in [0.29, 0.717) is 65.5 Å². The van der Waals surface area contributed by atoms with E-state index >= 15 is 0 Å². The van der Waals surface area contributed by atoms with Gasteiger partial charge in [0.1, 0.15) is 23.7 Å². The highest BCUT2D eigenvalue weighted by Crippen LogP contribution is 2.42. The summed E-state index contributed by atoms with van der Waals surface area (Å²) >= 11 is 6.09. The number of hydroxylamine groups is 1. The maximum absolute atomic E-state index is 15.0. The molecule has 2 aromatic carbocycles. The molecule has 2 N–H and O–H groups in total. The molecule has 266 valence electrons. The van der Waals surface area contributed by atoms with Gasteiger partial charge in [-0.25, -0.2) is 19.4 Å². The Bertz CT molecular complexity index is 1720. The SMILES string of the molecule is C=CC(=O)Nc1cc(Nc2cc(N3OCC[C@@H]3c3cccc(Cl)c3F)ncn2)c(OC)cc1N1CCC(N2C[C@@H](C)N(C3CC3)C[C@H]2C)CC1. The van der Waals surface area contributed by atoms with Crippen LogP contribution in [0.5, 0.6) is 5.75 Å². The van der Waals surface area contributed by atoms with Crippen LogP contribution in [0.2, 0.25) is 5.02 Å². The number of nitrogens with one attached hydrogen (secondary N) is 2. The highest BCUT2D eigenvalue weighted by atomic mass is 35.5. The Morgan fingerprint density at radius 1 is 1.02 bits per heavy atom.